The Kier molecular flexibility index (Phi) is 6.51. The van der Waals surface area contributed by atoms with Gasteiger partial charge in [0.25, 0.3) is 17.7 Å². The van der Waals surface area contributed by atoms with Crippen LogP contribution in [-0.4, -0.2) is 31.9 Å². The van der Waals surface area contributed by atoms with Gasteiger partial charge >= 0.3 is 0 Å². The number of halogens is 1. The molecule has 0 aromatic heterocycles. The lowest BCUT2D eigenvalue weighted by molar-refractivity contribution is -0.120. The van der Waals surface area contributed by atoms with Crippen LogP contribution in [0.2, 0.25) is 0 Å². The fraction of sp³-hybridized carbons (Fsp3) is 0.0800. The molecule has 0 fully saturated rings. The van der Waals surface area contributed by atoms with Crippen LogP contribution in [0.1, 0.15) is 10.4 Å². The Morgan fingerprint density at radius 2 is 1.59 bits per heavy atom. The van der Waals surface area contributed by atoms with Crippen LogP contribution in [0.5, 0.6) is 11.5 Å². The lowest BCUT2D eigenvalue weighted by Crippen LogP contribution is -2.32. The smallest absolute Gasteiger partial charge is 0.283 e. The highest BCUT2D eigenvalue weighted by atomic mass is 35.5. The minimum Gasteiger partial charge on any atom is -0.497 e. The van der Waals surface area contributed by atoms with E-state index in [1.54, 1.807) is 48.5 Å². The highest BCUT2D eigenvalue weighted by Gasteiger charge is 2.40. The molecule has 0 radical (unpaired) electrons. The molecule has 0 saturated carbocycles. The van der Waals surface area contributed by atoms with Crippen molar-refractivity contribution in [3.8, 4) is 11.5 Å². The molecule has 2 N–H and O–H groups in total. The molecule has 3 aromatic carbocycles. The van der Waals surface area contributed by atoms with Crippen molar-refractivity contribution in [3.05, 3.63) is 89.1 Å². The van der Waals surface area contributed by atoms with Gasteiger partial charge in [-0.25, -0.2) is 4.90 Å². The van der Waals surface area contributed by atoms with Crippen LogP contribution < -0.4 is 25.0 Å². The molecule has 172 valence electrons. The largest absolute Gasteiger partial charge is 0.497 e. The molecule has 3 aromatic rings. The summed E-state index contributed by atoms with van der Waals surface area (Å²) in [5.41, 5.74) is 1.54. The Morgan fingerprint density at radius 1 is 0.853 bits per heavy atom. The molecule has 4 rings (SSSR count). The first-order valence-corrected chi connectivity index (χ1v) is 10.5. The van der Waals surface area contributed by atoms with Gasteiger partial charge in [-0.1, -0.05) is 35.9 Å². The maximum absolute atomic E-state index is 13.1. The predicted molar refractivity (Wildman–Crippen MR) is 129 cm³/mol. The second kappa shape index (κ2) is 9.68. The van der Waals surface area contributed by atoms with Crippen LogP contribution in [0.25, 0.3) is 0 Å². The number of hydrogen-bond donors (Lipinski definition) is 2. The number of imide groups is 1. The van der Waals surface area contributed by atoms with E-state index in [2.05, 4.69) is 10.6 Å². The van der Waals surface area contributed by atoms with E-state index in [4.69, 9.17) is 21.1 Å². The van der Waals surface area contributed by atoms with E-state index in [-0.39, 0.29) is 28.1 Å². The Labute approximate surface area is 200 Å². The molecule has 0 spiro atoms. The number of para-hydroxylation sites is 1. The van der Waals surface area contributed by atoms with Crippen molar-refractivity contribution in [2.45, 2.75) is 0 Å². The molecule has 3 amide bonds. The standard InChI is InChI=1S/C25H20ClN3O5/c1-33-18-11-12-19(20(14-18)34-2)29-24(31)21(26)22(25(29)32)27-17-10-6-7-15(13-17)23(30)28-16-8-4-3-5-9-16/h3-14,27H,1-2H3,(H,28,30). The molecule has 0 atom stereocenters. The molecule has 9 heteroatoms. The molecule has 1 heterocycles. The third-order valence-electron chi connectivity index (χ3n) is 5.08. The third kappa shape index (κ3) is 4.44. The molecular formula is C25H20ClN3O5. The first kappa shape index (κ1) is 22.9. The second-order valence-corrected chi connectivity index (χ2v) is 7.58. The maximum Gasteiger partial charge on any atom is 0.283 e. The summed E-state index contributed by atoms with van der Waals surface area (Å²) in [5.74, 6) is -0.907. The first-order chi connectivity index (χ1) is 16.4. The molecule has 8 nitrogen and oxygen atoms in total. The van der Waals surface area contributed by atoms with Crippen LogP contribution in [0.3, 0.4) is 0 Å². The van der Waals surface area contributed by atoms with Gasteiger partial charge in [0.05, 0.1) is 19.9 Å². The lowest BCUT2D eigenvalue weighted by atomic mass is 10.1. The Hall–Kier alpha value is -4.30. The Bertz CT molecular complexity index is 1310. The summed E-state index contributed by atoms with van der Waals surface area (Å²) in [4.78, 5) is 39.5. The van der Waals surface area contributed by atoms with Gasteiger partial charge < -0.3 is 20.1 Å². The van der Waals surface area contributed by atoms with Crippen molar-refractivity contribution in [2.24, 2.45) is 0 Å². The van der Waals surface area contributed by atoms with Crippen molar-refractivity contribution in [3.63, 3.8) is 0 Å². The number of nitrogens with one attached hydrogen (secondary N) is 2. The number of amides is 3. The number of ether oxygens (including phenoxy) is 2. The maximum atomic E-state index is 13.1. The molecule has 1 aliphatic heterocycles. The van der Waals surface area contributed by atoms with E-state index in [1.807, 2.05) is 18.2 Å². The van der Waals surface area contributed by atoms with E-state index < -0.39 is 11.8 Å². The van der Waals surface area contributed by atoms with E-state index in [0.29, 0.717) is 22.7 Å². The summed E-state index contributed by atoms with van der Waals surface area (Å²) in [7, 11) is 2.92. The van der Waals surface area contributed by atoms with Crippen LogP contribution in [0, 0.1) is 0 Å². The molecular weight excluding hydrogens is 458 g/mol. The minimum atomic E-state index is -0.699. The number of nitrogens with zero attached hydrogens (tertiary/aromatic N) is 1. The number of carbonyl (C=O) groups is 3. The minimum absolute atomic E-state index is 0.106. The summed E-state index contributed by atoms with van der Waals surface area (Å²) in [6, 6.07) is 20.2. The highest BCUT2D eigenvalue weighted by molar-refractivity contribution is 6.53. The van der Waals surface area contributed by atoms with E-state index in [0.717, 1.165) is 4.90 Å². The van der Waals surface area contributed by atoms with Gasteiger partial charge in [-0.15, -0.1) is 0 Å². The van der Waals surface area contributed by atoms with Crippen molar-refractivity contribution in [2.75, 3.05) is 29.8 Å². The molecule has 0 bridgehead atoms. The fourth-order valence-corrected chi connectivity index (χ4v) is 3.62. The van der Waals surface area contributed by atoms with Crippen molar-refractivity contribution >= 4 is 46.4 Å². The van der Waals surface area contributed by atoms with Crippen molar-refractivity contribution in [1.82, 2.24) is 0 Å². The van der Waals surface area contributed by atoms with Gasteiger partial charge in [0.15, 0.2) is 0 Å². The zero-order valence-electron chi connectivity index (χ0n) is 18.3. The van der Waals surface area contributed by atoms with Crippen LogP contribution in [0.4, 0.5) is 17.1 Å². The normalized spacial score (nSPS) is 13.2. The Balaban J connectivity index is 1.57. The summed E-state index contributed by atoms with van der Waals surface area (Å²) in [6.07, 6.45) is 0. The number of benzene rings is 3. The van der Waals surface area contributed by atoms with Crippen molar-refractivity contribution in [1.29, 1.82) is 0 Å². The quantitative estimate of drug-likeness (QED) is 0.490. The van der Waals surface area contributed by atoms with E-state index >= 15 is 0 Å². The van der Waals surface area contributed by atoms with E-state index in [1.165, 1.54) is 20.3 Å². The van der Waals surface area contributed by atoms with Gasteiger partial charge in [0, 0.05) is 23.0 Å². The zero-order valence-corrected chi connectivity index (χ0v) is 19.1. The first-order valence-electron chi connectivity index (χ1n) is 10.2. The second-order valence-electron chi connectivity index (χ2n) is 7.20. The van der Waals surface area contributed by atoms with Crippen LogP contribution in [-0.2, 0) is 9.59 Å². The van der Waals surface area contributed by atoms with Crippen LogP contribution >= 0.6 is 11.6 Å². The number of anilines is 3. The van der Waals surface area contributed by atoms with Crippen LogP contribution in [0.15, 0.2) is 83.5 Å². The van der Waals surface area contributed by atoms with Gasteiger partial charge in [-0.3, -0.25) is 14.4 Å². The molecule has 0 aliphatic carbocycles. The summed E-state index contributed by atoms with van der Waals surface area (Å²) >= 11 is 6.24. The Morgan fingerprint density at radius 3 is 2.29 bits per heavy atom. The molecule has 1 aliphatic rings. The average molecular weight is 478 g/mol. The molecule has 0 unspecified atom stereocenters. The van der Waals surface area contributed by atoms with Gasteiger partial charge in [0.2, 0.25) is 0 Å². The van der Waals surface area contributed by atoms with Crippen molar-refractivity contribution < 1.29 is 23.9 Å². The van der Waals surface area contributed by atoms with E-state index in [9.17, 15) is 14.4 Å². The topological polar surface area (TPSA) is 97.0 Å². The number of carbonyl (C=O) groups excluding carboxylic acids is 3. The average Bonchev–Trinajstić information content (AvgIpc) is 3.07. The number of rotatable bonds is 7. The SMILES string of the molecule is COc1ccc(N2C(=O)C(Cl)=C(Nc3cccc(C(=O)Nc4ccccc4)c3)C2=O)c(OC)c1. The summed E-state index contributed by atoms with van der Waals surface area (Å²) in [6.45, 7) is 0. The number of hydrogen-bond acceptors (Lipinski definition) is 6. The predicted octanol–water partition coefficient (Wildman–Crippen LogP) is 4.39. The summed E-state index contributed by atoms with van der Waals surface area (Å²) < 4.78 is 10.5. The summed E-state index contributed by atoms with van der Waals surface area (Å²) in [5, 5.41) is 5.40. The number of methoxy groups -OCH3 is 2. The van der Waals surface area contributed by atoms with Gasteiger partial charge in [0.1, 0.15) is 22.2 Å². The molecule has 0 saturated heterocycles. The fourth-order valence-electron chi connectivity index (χ4n) is 3.41. The third-order valence-corrected chi connectivity index (χ3v) is 5.43. The zero-order chi connectivity index (χ0) is 24.2. The monoisotopic (exact) mass is 477 g/mol. The van der Waals surface area contributed by atoms with Gasteiger partial charge in [-0.2, -0.15) is 0 Å². The highest BCUT2D eigenvalue weighted by Crippen LogP contribution is 2.37. The molecule has 34 heavy (non-hydrogen) atoms. The lowest BCUT2D eigenvalue weighted by Gasteiger charge is -2.18. The van der Waals surface area contributed by atoms with Gasteiger partial charge in [-0.05, 0) is 42.5 Å².